The van der Waals surface area contributed by atoms with E-state index in [1.54, 1.807) is 0 Å². The van der Waals surface area contributed by atoms with E-state index in [1.165, 1.54) is 11.1 Å². The average Bonchev–Trinajstić information content (AvgIpc) is 2.58. The highest BCUT2D eigenvalue weighted by atomic mass is 35.5. The van der Waals surface area contributed by atoms with Crippen LogP contribution in [0.5, 0.6) is 0 Å². The van der Waals surface area contributed by atoms with Crippen LogP contribution < -0.4 is 11.5 Å². The summed E-state index contributed by atoms with van der Waals surface area (Å²) in [6.45, 7) is 0. The zero-order chi connectivity index (χ0) is 16.9. The predicted octanol–water partition coefficient (Wildman–Crippen LogP) is 4.31. The van der Waals surface area contributed by atoms with Crippen LogP contribution in [0.2, 0.25) is 5.02 Å². The lowest BCUT2D eigenvalue weighted by atomic mass is 9.84. The van der Waals surface area contributed by atoms with E-state index in [1.807, 2.05) is 18.2 Å². The zero-order valence-electron chi connectivity index (χ0n) is 13.4. The number of rotatable bonds is 5. The Morgan fingerprint density at radius 2 is 1.29 bits per heavy atom. The summed E-state index contributed by atoms with van der Waals surface area (Å²) in [6.07, 6.45) is 0.243. The van der Waals surface area contributed by atoms with Gasteiger partial charge in [0.05, 0.1) is 6.17 Å². The first-order chi connectivity index (χ1) is 11.6. The van der Waals surface area contributed by atoms with Crippen molar-refractivity contribution >= 4 is 11.6 Å². The minimum Gasteiger partial charge on any atom is -0.316 e. The van der Waals surface area contributed by atoms with Gasteiger partial charge in [0.2, 0.25) is 0 Å². The topological polar surface area (TPSA) is 52.0 Å². The summed E-state index contributed by atoms with van der Waals surface area (Å²) in [5.74, 6) is 0.0977. The molecule has 122 valence electrons. The molecule has 0 aliphatic carbocycles. The highest BCUT2D eigenvalue weighted by Crippen LogP contribution is 2.36. The number of hydrogen-bond donors (Lipinski definition) is 2. The van der Waals surface area contributed by atoms with E-state index in [0.29, 0.717) is 6.42 Å². The SMILES string of the molecule is NC(N)Cc1ccc(C(c2ccccc2)c2ccccc2)c(Cl)c1. The third-order valence-corrected chi connectivity index (χ3v) is 4.44. The van der Waals surface area contributed by atoms with Crippen LogP contribution in [0.4, 0.5) is 0 Å². The van der Waals surface area contributed by atoms with Crippen molar-refractivity contribution in [2.45, 2.75) is 18.5 Å². The number of benzene rings is 3. The van der Waals surface area contributed by atoms with Gasteiger partial charge in [-0.2, -0.15) is 0 Å². The van der Waals surface area contributed by atoms with Gasteiger partial charge in [-0.15, -0.1) is 0 Å². The van der Waals surface area contributed by atoms with Crippen LogP contribution in [0.15, 0.2) is 78.9 Å². The van der Waals surface area contributed by atoms with E-state index < -0.39 is 0 Å². The van der Waals surface area contributed by atoms with E-state index in [2.05, 4.69) is 60.7 Å². The lowest BCUT2D eigenvalue weighted by molar-refractivity contribution is 0.703. The summed E-state index contributed by atoms with van der Waals surface area (Å²) in [5.41, 5.74) is 16.0. The van der Waals surface area contributed by atoms with Gasteiger partial charge in [-0.3, -0.25) is 0 Å². The van der Waals surface area contributed by atoms with Gasteiger partial charge in [-0.25, -0.2) is 0 Å². The number of halogens is 1. The second kappa shape index (κ2) is 7.63. The van der Waals surface area contributed by atoms with Gasteiger partial charge in [0.15, 0.2) is 0 Å². The van der Waals surface area contributed by atoms with Gasteiger partial charge in [0, 0.05) is 17.4 Å². The summed E-state index contributed by atoms with van der Waals surface area (Å²) in [7, 11) is 0. The molecule has 3 heteroatoms. The van der Waals surface area contributed by atoms with Gasteiger partial charge in [-0.05, 0) is 28.3 Å². The normalized spacial score (nSPS) is 11.2. The third kappa shape index (κ3) is 3.85. The van der Waals surface area contributed by atoms with Crippen molar-refractivity contribution in [2.75, 3.05) is 0 Å². The van der Waals surface area contributed by atoms with Crippen LogP contribution in [0.3, 0.4) is 0 Å². The average molecular weight is 337 g/mol. The Bertz CT molecular complexity index is 746. The van der Waals surface area contributed by atoms with Crippen LogP contribution in [-0.2, 0) is 6.42 Å². The van der Waals surface area contributed by atoms with Crippen molar-refractivity contribution in [3.05, 3.63) is 106 Å². The Morgan fingerprint density at radius 3 is 1.75 bits per heavy atom. The molecule has 0 bridgehead atoms. The fourth-order valence-corrected chi connectivity index (χ4v) is 3.36. The van der Waals surface area contributed by atoms with Gasteiger partial charge in [-0.1, -0.05) is 84.4 Å². The van der Waals surface area contributed by atoms with Crippen LogP contribution in [0.25, 0.3) is 0 Å². The summed E-state index contributed by atoms with van der Waals surface area (Å²) >= 11 is 6.63. The lowest BCUT2D eigenvalue weighted by Gasteiger charge is -2.21. The Balaban J connectivity index is 2.07. The molecule has 3 aromatic rings. The first kappa shape index (κ1) is 16.7. The summed E-state index contributed by atoms with van der Waals surface area (Å²) in [6, 6.07) is 27.0. The third-order valence-electron chi connectivity index (χ3n) is 4.11. The Kier molecular flexibility index (Phi) is 5.31. The molecule has 2 nitrogen and oxygen atoms in total. The molecule has 0 aromatic heterocycles. The second-order valence-electron chi connectivity index (χ2n) is 5.98. The molecule has 24 heavy (non-hydrogen) atoms. The maximum absolute atomic E-state index is 6.63. The standard InChI is InChI=1S/C21H21ClN2/c22-19-13-15(14-20(23)24)11-12-18(19)21(16-7-3-1-4-8-16)17-9-5-2-6-10-17/h1-13,20-21H,14,23-24H2. The molecule has 0 aliphatic rings. The smallest absolute Gasteiger partial charge is 0.0562 e. The molecule has 0 unspecified atom stereocenters. The summed E-state index contributed by atoms with van der Waals surface area (Å²) < 4.78 is 0. The maximum atomic E-state index is 6.63. The zero-order valence-corrected chi connectivity index (χ0v) is 14.2. The monoisotopic (exact) mass is 336 g/mol. The minimum atomic E-state index is -0.369. The molecule has 0 atom stereocenters. The Morgan fingerprint density at radius 1 is 0.750 bits per heavy atom. The van der Waals surface area contributed by atoms with Crippen molar-refractivity contribution in [1.82, 2.24) is 0 Å². The van der Waals surface area contributed by atoms with Gasteiger partial charge < -0.3 is 11.5 Å². The quantitative estimate of drug-likeness (QED) is 0.539. The fraction of sp³-hybridized carbons (Fsp3) is 0.143. The van der Waals surface area contributed by atoms with Crippen LogP contribution in [0, 0.1) is 0 Å². The van der Waals surface area contributed by atoms with Crippen molar-refractivity contribution in [1.29, 1.82) is 0 Å². The van der Waals surface area contributed by atoms with Crippen LogP contribution >= 0.6 is 11.6 Å². The van der Waals surface area contributed by atoms with Gasteiger partial charge >= 0.3 is 0 Å². The first-order valence-corrected chi connectivity index (χ1v) is 8.42. The summed E-state index contributed by atoms with van der Waals surface area (Å²) in [5, 5.41) is 0.742. The van der Waals surface area contributed by atoms with Crippen LogP contribution in [-0.4, -0.2) is 6.17 Å². The lowest BCUT2D eigenvalue weighted by Crippen LogP contribution is -2.32. The van der Waals surface area contributed by atoms with Gasteiger partial charge in [0.25, 0.3) is 0 Å². The molecule has 0 radical (unpaired) electrons. The molecular weight excluding hydrogens is 316 g/mol. The molecular formula is C21H21ClN2. The molecule has 0 saturated carbocycles. The molecule has 3 rings (SSSR count). The minimum absolute atomic E-state index is 0.0977. The first-order valence-electron chi connectivity index (χ1n) is 8.04. The van der Waals surface area contributed by atoms with Crippen molar-refractivity contribution in [2.24, 2.45) is 11.5 Å². The molecule has 0 aliphatic heterocycles. The molecule has 0 amide bonds. The molecule has 0 saturated heterocycles. The molecule has 0 heterocycles. The van der Waals surface area contributed by atoms with E-state index in [9.17, 15) is 0 Å². The molecule has 0 fully saturated rings. The van der Waals surface area contributed by atoms with E-state index in [4.69, 9.17) is 23.1 Å². The van der Waals surface area contributed by atoms with E-state index >= 15 is 0 Å². The van der Waals surface area contributed by atoms with E-state index in [0.717, 1.165) is 16.1 Å². The Labute approximate surface area is 148 Å². The second-order valence-corrected chi connectivity index (χ2v) is 6.39. The highest BCUT2D eigenvalue weighted by molar-refractivity contribution is 6.31. The van der Waals surface area contributed by atoms with Gasteiger partial charge in [0.1, 0.15) is 0 Å². The number of hydrogen-bond acceptors (Lipinski definition) is 2. The largest absolute Gasteiger partial charge is 0.316 e. The highest BCUT2D eigenvalue weighted by Gasteiger charge is 2.19. The predicted molar refractivity (Wildman–Crippen MR) is 101 cm³/mol. The van der Waals surface area contributed by atoms with Crippen molar-refractivity contribution in [3.63, 3.8) is 0 Å². The Hall–Kier alpha value is -2.13. The molecule has 3 aromatic carbocycles. The van der Waals surface area contributed by atoms with Crippen LogP contribution in [0.1, 0.15) is 28.2 Å². The maximum Gasteiger partial charge on any atom is 0.0562 e. The fourth-order valence-electron chi connectivity index (χ4n) is 3.05. The number of nitrogens with two attached hydrogens (primary N) is 2. The van der Waals surface area contributed by atoms with Crippen molar-refractivity contribution in [3.8, 4) is 0 Å². The molecule has 0 spiro atoms. The summed E-state index contributed by atoms with van der Waals surface area (Å²) in [4.78, 5) is 0. The van der Waals surface area contributed by atoms with E-state index in [-0.39, 0.29) is 12.1 Å². The molecule has 4 N–H and O–H groups in total. The van der Waals surface area contributed by atoms with Crippen molar-refractivity contribution < 1.29 is 0 Å².